The van der Waals surface area contributed by atoms with Crippen LogP contribution in [0.1, 0.15) is 19.1 Å². The standard InChI is InChI=1S/C9H12N2O3S/c1-2-9(6-10)15(12,13)11-7-8-4-3-5-14-8/h3-5,9,11H,2,7H2,1H3. The average Bonchev–Trinajstić information content (AvgIpc) is 2.69. The van der Waals surface area contributed by atoms with Crippen molar-refractivity contribution in [3.8, 4) is 6.07 Å². The third-order valence-corrected chi connectivity index (χ3v) is 3.65. The average molecular weight is 228 g/mol. The van der Waals surface area contributed by atoms with Gasteiger partial charge >= 0.3 is 0 Å². The highest BCUT2D eigenvalue weighted by molar-refractivity contribution is 7.90. The van der Waals surface area contributed by atoms with Crippen molar-refractivity contribution in [2.45, 2.75) is 25.1 Å². The number of sulfonamides is 1. The number of nitrogens with zero attached hydrogens (tertiary/aromatic N) is 1. The van der Waals surface area contributed by atoms with Gasteiger partial charge in [0.15, 0.2) is 5.25 Å². The second-order valence-corrected chi connectivity index (χ2v) is 4.92. The molecule has 0 saturated carbocycles. The van der Waals surface area contributed by atoms with Crippen LogP contribution in [-0.4, -0.2) is 13.7 Å². The van der Waals surface area contributed by atoms with Gasteiger partial charge in [0.2, 0.25) is 10.0 Å². The van der Waals surface area contributed by atoms with Crippen LogP contribution in [0.15, 0.2) is 22.8 Å². The molecule has 82 valence electrons. The Morgan fingerprint density at radius 3 is 2.87 bits per heavy atom. The van der Waals surface area contributed by atoms with Gasteiger partial charge < -0.3 is 4.42 Å². The summed E-state index contributed by atoms with van der Waals surface area (Å²) in [5.74, 6) is 0.520. The van der Waals surface area contributed by atoms with Crippen LogP contribution in [0.5, 0.6) is 0 Å². The van der Waals surface area contributed by atoms with Gasteiger partial charge in [-0.15, -0.1) is 0 Å². The molecule has 0 aliphatic carbocycles. The molecule has 6 heteroatoms. The molecule has 0 saturated heterocycles. The lowest BCUT2D eigenvalue weighted by Gasteiger charge is -2.08. The Morgan fingerprint density at radius 2 is 2.40 bits per heavy atom. The fourth-order valence-corrected chi connectivity index (χ4v) is 2.19. The third-order valence-electron chi connectivity index (χ3n) is 1.92. The van der Waals surface area contributed by atoms with Crippen molar-refractivity contribution in [3.05, 3.63) is 24.2 Å². The predicted octanol–water partition coefficient (Wildman–Crippen LogP) is 1.00. The van der Waals surface area contributed by atoms with Crippen LogP contribution in [0.2, 0.25) is 0 Å². The van der Waals surface area contributed by atoms with Crippen molar-refractivity contribution >= 4 is 10.0 Å². The van der Waals surface area contributed by atoms with Crippen molar-refractivity contribution in [1.82, 2.24) is 4.72 Å². The van der Waals surface area contributed by atoms with Gasteiger partial charge in [-0.1, -0.05) is 6.92 Å². The van der Waals surface area contributed by atoms with Crippen LogP contribution >= 0.6 is 0 Å². The van der Waals surface area contributed by atoms with E-state index in [1.165, 1.54) is 6.26 Å². The molecule has 0 aromatic carbocycles. The van der Waals surface area contributed by atoms with E-state index >= 15 is 0 Å². The van der Waals surface area contributed by atoms with Crippen LogP contribution in [0, 0.1) is 11.3 Å². The Hall–Kier alpha value is -1.32. The van der Waals surface area contributed by atoms with E-state index in [0.29, 0.717) is 5.76 Å². The Balaban J connectivity index is 2.62. The van der Waals surface area contributed by atoms with E-state index in [1.54, 1.807) is 25.1 Å². The van der Waals surface area contributed by atoms with E-state index in [9.17, 15) is 8.42 Å². The summed E-state index contributed by atoms with van der Waals surface area (Å²) in [6.45, 7) is 1.73. The van der Waals surface area contributed by atoms with Gasteiger partial charge in [0, 0.05) is 0 Å². The van der Waals surface area contributed by atoms with E-state index in [-0.39, 0.29) is 13.0 Å². The molecule has 0 radical (unpaired) electrons. The molecule has 0 spiro atoms. The first kappa shape index (κ1) is 11.8. The van der Waals surface area contributed by atoms with Crippen LogP contribution in [0.25, 0.3) is 0 Å². The number of hydrogen-bond donors (Lipinski definition) is 1. The molecule has 1 rings (SSSR count). The summed E-state index contributed by atoms with van der Waals surface area (Å²) in [5.41, 5.74) is 0. The summed E-state index contributed by atoms with van der Waals surface area (Å²) in [5, 5.41) is 7.62. The number of hydrogen-bond acceptors (Lipinski definition) is 4. The Bertz CT molecular complexity index is 430. The number of nitriles is 1. The zero-order valence-corrected chi connectivity index (χ0v) is 9.12. The van der Waals surface area contributed by atoms with Gasteiger partial charge in [0.25, 0.3) is 0 Å². The van der Waals surface area contributed by atoms with Gasteiger partial charge in [-0.05, 0) is 18.6 Å². The summed E-state index contributed by atoms with van der Waals surface area (Å²) in [7, 11) is -3.57. The Morgan fingerprint density at radius 1 is 1.67 bits per heavy atom. The highest BCUT2D eigenvalue weighted by Gasteiger charge is 2.22. The smallest absolute Gasteiger partial charge is 0.228 e. The SMILES string of the molecule is CCC(C#N)S(=O)(=O)NCc1ccco1. The third kappa shape index (κ3) is 3.08. The molecule has 0 aliphatic heterocycles. The lowest BCUT2D eigenvalue weighted by molar-refractivity contribution is 0.497. The first-order valence-corrected chi connectivity index (χ1v) is 6.05. The summed E-state index contributed by atoms with van der Waals surface area (Å²) < 4.78 is 30.3. The minimum Gasteiger partial charge on any atom is -0.468 e. The molecule has 1 aromatic rings. The van der Waals surface area contributed by atoms with Gasteiger partial charge in [0.05, 0.1) is 18.9 Å². The van der Waals surface area contributed by atoms with E-state index < -0.39 is 15.3 Å². The van der Waals surface area contributed by atoms with Crippen LogP contribution in [0.3, 0.4) is 0 Å². The largest absolute Gasteiger partial charge is 0.468 e. The molecule has 1 heterocycles. The highest BCUT2D eigenvalue weighted by Crippen LogP contribution is 2.05. The van der Waals surface area contributed by atoms with Crippen molar-refractivity contribution in [3.63, 3.8) is 0 Å². The second-order valence-electron chi connectivity index (χ2n) is 2.97. The van der Waals surface area contributed by atoms with E-state index in [4.69, 9.17) is 9.68 Å². The van der Waals surface area contributed by atoms with Crippen molar-refractivity contribution in [2.24, 2.45) is 0 Å². The van der Waals surface area contributed by atoms with Crippen molar-refractivity contribution in [2.75, 3.05) is 0 Å². The Labute approximate surface area is 88.8 Å². The second kappa shape index (κ2) is 4.96. The molecular formula is C9H12N2O3S. The quantitative estimate of drug-likeness (QED) is 0.815. The molecule has 0 aliphatic rings. The first-order valence-electron chi connectivity index (χ1n) is 4.50. The summed E-state index contributed by atoms with van der Waals surface area (Å²) in [4.78, 5) is 0. The number of rotatable bonds is 5. The maximum Gasteiger partial charge on any atom is 0.228 e. The lowest BCUT2D eigenvalue weighted by Crippen LogP contribution is -2.32. The van der Waals surface area contributed by atoms with Crippen LogP contribution < -0.4 is 4.72 Å². The zero-order valence-electron chi connectivity index (χ0n) is 8.30. The molecule has 0 fully saturated rings. The summed E-state index contributed by atoms with van der Waals surface area (Å²) >= 11 is 0. The normalized spacial score (nSPS) is 13.3. The van der Waals surface area contributed by atoms with Gasteiger partial charge in [-0.25, -0.2) is 13.1 Å². The number of nitrogens with one attached hydrogen (secondary N) is 1. The van der Waals surface area contributed by atoms with Crippen molar-refractivity contribution < 1.29 is 12.8 Å². The van der Waals surface area contributed by atoms with Gasteiger partial charge in [-0.2, -0.15) is 5.26 Å². The topological polar surface area (TPSA) is 83.1 Å². The first-order chi connectivity index (χ1) is 7.10. The van der Waals surface area contributed by atoms with E-state index in [0.717, 1.165) is 0 Å². The molecule has 5 nitrogen and oxygen atoms in total. The molecule has 1 aromatic heterocycles. The zero-order chi connectivity index (χ0) is 11.3. The molecule has 1 N–H and O–H groups in total. The molecule has 0 bridgehead atoms. The summed E-state index contributed by atoms with van der Waals surface area (Å²) in [6, 6.07) is 5.08. The highest BCUT2D eigenvalue weighted by atomic mass is 32.2. The summed E-state index contributed by atoms with van der Waals surface area (Å²) in [6.07, 6.45) is 1.73. The molecule has 15 heavy (non-hydrogen) atoms. The predicted molar refractivity (Wildman–Crippen MR) is 54.2 cm³/mol. The maximum absolute atomic E-state index is 11.5. The van der Waals surface area contributed by atoms with Crippen LogP contribution in [-0.2, 0) is 16.6 Å². The number of furan rings is 1. The molecule has 1 atom stereocenters. The minimum atomic E-state index is -3.57. The minimum absolute atomic E-state index is 0.0769. The lowest BCUT2D eigenvalue weighted by atomic mass is 10.4. The van der Waals surface area contributed by atoms with E-state index in [2.05, 4.69) is 4.72 Å². The Kier molecular flexibility index (Phi) is 3.88. The monoisotopic (exact) mass is 228 g/mol. The fraction of sp³-hybridized carbons (Fsp3) is 0.444. The van der Waals surface area contributed by atoms with Crippen molar-refractivity contribution in [1.29, 1.82) is 5.26 Å². The maximum atomic E-state index is 11.5. The fourth-order valence-electron chi connectivity index (χ4n) is 1.07. The van der Waals surface area contributed by atoms with Gasteiger partial charge in [0.1, 0.15) is 5.76 Å². The van der Waals surface area contributed by atoms with Crippen LogP contribution in [0.4, 0.5) is 0 Å². The molecule has 0 amide bonds. The molecule has 1 unspecified atom stereocenters. The van der Waals surface area contributed by atoms with Gasteiger partial charge in [-0.3, -0.25) is 0 Å². The van der Waals surface area contributed by atoms with E-state index in [1.807, 2.05) is 0 Å². The molecular weight excluding hydrogens is 216 g/mol.